The van der Waals surface area contributed by atoms with Crippen LogP contribution in [-0.2, 0) is 0 Å². The number of nitrogens with one attached hydrogen (secondary N) is 2. The van der Waals surface area contributed by atoms with Gasteiger partial charge in [0, 0.05) is 6.54 Å². The van der Waals surface area contributed by atoms with Crippen LogP contribution >= 0.6 is 0 Å². The molecule has 0 amide bonds. The monoisotopic (exact) mass is 250 g/mol. The largest absolute Gasteiger partial charge is 0.477 e. The molecular weight excluding hydrogens is 228 g/mol. The van der Waals surface area contributed by atoms with Gasteiger partial charge in [-0.05, 0) is 45.2 Å². The first kappa shape index (κ1) is 13.1. The van der Waals surface area contributed by atoms with E-state index in [0.717, 1.165) is 24.8 Å². The first-order chi connectivity index (χ1) is 8.88. The summed E-state index contributed by atoms with van der Waals surface area (Å²) in [5.41, 5.74) is 0. The number of hydrogen-bond acceptors (Lipinski definition) is 5. The van der Waals surface area contributed by atoms with E-state index in [0.29, 0.717) is 12.5 Å². The topological polar surface area (TPSA) is 59.1 Å². The lowest BCUT2D eigenvalue weighted by molar-refractivity contribution is 0.325. The van der Waals surface area contributed by atoms with E-state index in [-0.39, 0.29) is 0 Å². The molecule has 5 heteroatoms. The van der Waals surface area contributed by atoms with E-state index in [1.165, 1.54) is 25.8 Å². The molecule has 0 radical (unpaired) electrons. The second-order valence-electron chi connectivity index (χ2n) is 4.60. The highest BCUT2D eigenvalue weighted by atomic mass is 16.5. The third-order valence-electron chi connectivity index (χ3n) is 3.16. The lowest BCUT2D eigenvalue weighted by atomic mass is 9.96. The van der Waals surface area contributed by atoms with E-state index < -0.39 is 0 Å². The molecule has 1 aromatic rings. The number of hydrogen-bond donors (Lipinski definition) is 2. The molecule has 0 aromatic carbocycles. The van der Waals surface area contributed by atoms with Gasteiger partial charge in [0.2, 0.25) is 5.88 Å². The highest BCUT2D eigenvalue weighted by molar-refractivity contribution is 5.32. The first-order valence-electron chi connectivity index (χ1n) is 6.78. The number of anilines is 1. The van der Waals surface area contributed by atoms with Crippen LogP contribution in [0, 0.1) is 5.92 Å². The minimum atomic E-state index is 0.585. The van der Waals surface area contributed by atoms with Crippen LogP contribution < -0.4 is 15.4 Å². The average molecular weight is 250 g/mol. The SMILES string of the molecule is CCOc1cncc(NCCC2CCCNC2)n1. The van der Waals surface area contributed by atoms with Crippen molar-refractivity contribution in [3.05, 3.63) is 12.4 Å². The fourth-order valence-corrected chi connectivity index (χ4v) is 2.23. The van der Waals surface area contributed by atoms with E-state index in [1.54, 1.807) is 12.4 Å². The molecule has 5 nitrogen and oxygen atoms in total. The smallest absolute Gasteiger partial charge is 0.234 e. The molecular formula is C13H22N4O. The van der Waals surface area contributed by atoms with Crippen LogP contribution in [0.2, 0.25) is 0 Å². The van der Waals surface area contributed by atoms with Crippen molar-refractivity contribution >= 4 is 5.82 Å². The summed E-state index contributed by atoms with van der Waals surface area (Å²) in [7, 11) is 0. The lowest BCUT2D eigenvalue weighted by Gasteiger charge is -2.22. The second kappa shape index (κ2) is 7.16. The van der Waals surface area contributed by atoms with E-state index in [4.69, 9.17) is 4.74 Å². The summed E-state index contributed by atoms with van der Waals surface area (Å²) < 4.78 is 5.32. The third-order valence-corrected chi connectivity index (χ3v) is 3.16. The van der Waals surface area contributed by atoms with Gasteiger partial charge in [-0.3, -0.25) is 4.98 Å². The zero-order valence-corrected chi connectivity index (χ0v) is 11.0. The Morgan fingerprint density at radius 3 is 3.22 bits per heavy atom. The minimum Gasteiger partial charge on any atom is -0.477 e. The van der Waals surface area contributed by atoms with Gasteiger partial charge in [-0.2, -0.15) is 4.98 Å². The fraction of sp³-hybridized carbons (Fsp3) is 0.692. The Balaban J connectivity index is 1.73. The molecule has 2 rings (SSSR count). The highest BCUT2D eigenvalue weighted by Crippen LogP contribution is 2.14. The molecule has 2 N–H and O–H groups in total. The van der Waals surface area contributed by atoms with E-state index >= 15 is 0 Å². The first-order valence-corrected chi connectivity index (χ1v) is 6.78. The van der Waals surface area contributed by atoms with Crippen LogP contribution in [-0.4, -0.2) is 36.2 Å². The van der Waals surface area contributed by atoms with Crippen molar-refractivity contribution < 1.29 is 4.74 Å². The van der Waals surface area contributed by atoms with Crippen LogP contribution in [0.1, 0.15) is 26.2 Å². The van der Waals surface area contributed by atoms with Gasteiger partial charge in [0.05, 0.1) is 19.0 Å². The van der Waals surface area contributed by atoms with Crippen molar-refractivity contribution in [1.29, 1.82) is 0 Å². The zero-order chi connectivity index (χ0) is 12.6. The maximum absolute atomic E-state index is 5.32. The van der Waals surface area contributed by atoms with E-state index in [9.17, 15) is 0 Å². The van der Waals surface area contributed by atoms with Crippen molar-refractivity contribution in [3.63, 3.8) is 0 Å². The molecule has 2 heterocycles. The van der Waals surface area contributed by atoms with E-state index in [1.807, 2.05) is 6.92 Å². The van der Waals surface area contributed by atoms with Gasteiger partial charge in [-0.1, -0.05) is 0 Å². The van der Waals surface area contributed by atoms with Gasteiger partial charge in [-0.15, -0.1) is 0 Å². The summed E-state index contributed by atoms with van der Waals surface area (Å²) in [6.07, 6.45) is 7.18. The fourth-order valence-electron chi connectivity index (χ4n) is 2.23. The summed E-state index contributed by atoms with van der Waals surface area (Å²) in [4.78, 5) is 8.44. The predicted octanol–water partition coefficient (Wildman–Crippen LogP) is 1.68. The number of aromatic nitrogens is 2. The molecule has 1 fully saturated rings. The van der Waals surface area contributed by atoms with Crippen LogP contribution in [0.25, 0.3) is 0 Å². The molecule has 0 bridgehead atoms. The Labute approximate surface area is 108 Å². The Hall–Kier alpha value is -1.36. The Kier molecular flexibility index (Phi) is 5.20. The molecule has 1 unspecified atom stereocenters. The normalized spacial score (nSPS) is 19.5. The van der Waals surface area contributed by atoms with Crippen LogP contribution in [0.4, 0.5) is 5.82 Å². The van der Waals surface area contributed by atoms with Crippen molar-refractivity contribution in [1.82, 2.24) is 15.3 Å². The minimum absolute atomic E-state index is 0.585. The molecule has 0 saturated carbocycles. The van der Waals surface area contributed by atoms with Crippen molar-refractivity contribution in [2.75, 3.05) is 31.6 Å². The van der Waals surface area contributed by atoms with Crippen LogP contribution in [0.3, 0.4) is 0 Å². The molecule has 0 spiro atoms. The molecule has 0 aliphatic carbocycles. The molecule has 1 aromatic heterocycles. The van der Waals surface area contributed by atoms with Crippen LogP contribution in [0.15, 0.2) is 12.4 Å². The van der Waals surface area contributed by atoms with Gasteiger partial charge >= 0.3 is 0 Å². The van der Waals surface area contributed by atoms with Crippen molar-refractivity contribution in [2.45, 2.75) is 26.2 Å². The zero-order valence-electron chi connectivity index (χ0n) is 11.0. The Morgan fingerprint density at radius 1 is 1.50 bits per heavy atom. The Morgan fingerprint density at radius 2 is 2.44 bits per heavy atom. The quantitative estimate of drug-likeness (QED) is 0.804. The summed E-state index contributed by atoms with van der Waals surface area (Å²) in [5, 5.41) is 6.74. The number of piperidine rings is 1. The number of nitrogens with zero attached hydrogens (tertiary/aromatic N) is 2. The summed E-state index contributed by atoms with van der Waals surface area (Å²) in [6.45, 7) is 5.82. The predicted molar refractivity (Wildman–Crippen MR) is 71.9 cm³/mol. The third kappa shape index (κ3) is 4.14. The van der Waals surface area contributed by atoms with E-state index in [2.05, 4.69) is 20.6 Å². The Bertz CT molecular complexity index is 353. The molecule has 18 heavy (non-hydrogen) atoms. The summed E-state index contributed by atoms with van der Waals surface area (Å²) in [5.74, 6) is 2.17. The summed E-state index contributed by atoms with van der Waals surface area (Å²) in [6, 6.07) is 0. The van der Waals surface area contributed by atoms with Gasteiger partial charge in [0.25, 0.3) is 0 Å². The molecule has 100 valence electrons. The molecule has 1 saturated heterocycles. The number of ether oxygens (including phenoxy) is 1. The molecule has 1 atom stereocenters. The lowest BCUT2D eigenvalue weighted by Crippen LogP contribution is -2.30. The van der Waals surface area contributed by atoms with Crippen LogP contribution in [0.5, 0.6) is 5.88 Å². The molecule has 1 aliphatic heterocycles. The van der Waals surface area contributed by atoms with Crippen molar-refractivity contribution in [2.24, 2.45) is 5.92 Å². The van der Waals surface area contributed by atoms with Gasteiger partial charge < -0.3 is 15.4 Å². The van der Waals surface area contributed by atoms with Crippen molar-refractivity contribution in [3.8, 4) is 5.88 Å². The second-order valence-corrected chi connectivity index (χ2v) is 4.60. The van der Waals surface area contributed by atoms with Gasteiger partial charge in [0.15, 0.2) is 0 Å². The molecule has 1 aliphatic rings. The number of rotatable bonds is 6. The highest BCUT2D eigenvalue weighted by Gasteiger charge is 2.12. The van der Waals surface area contributed by atoms with Gasteiger partial charge in [0.1, 0.15) is 5.82 Å². The maximum Gasteiger partial charge on any atom is 0.234 e. The average Bonchev–Trinajstić information content (AvgIpc) is 2.41. The van der Waals surface area contributed by atoms with Gasteiger partial charge in [-0.25, -0.2) is 0 Å². The standard InChI is InChI=1S/C13H22N4O/c1-2-18-13-10-15-9-12(17-13)16-7-5-11-4-3-6-14-8-11/h9-11,14H,2-8H2,1H3,(H,16,17). The summed E-state index contributed by atoms with van der Waals surface area (Å²) >= 11 is 0. The maximum atomic E-state index is 5.32.